The number of thiophene rings is 1. The number of hydrogen-bond acceptors (Lipinski definition) is 7. The van der Waals surface area contributed by atoms with Gasteiger partial charge in [0.05, 0.1) is 16.8 Å². The molecule has 0 saturated heterocycles. The van der Waals surface area contributed by atoms with Gasteiger partial charge in [0.1, 0.15) is 16.5 Å². The minimum Gasteiger partial charge on any atom is -0.397 e. The molecule has 0 aliphatic heterocycles. The molecular formula is C13H11N6OS2+. The first kappa shape index (κ1) is 14.2. The van der Waals surface area contributed by atoms with Gasteiger partial charge in [-0.2, -0.15) is 5.26 Å². The van der Waals surface area contributed by atoms with Crippen LogP contribution in [0.2, 0.25) is 0 Å². The van der Waals surface area contributed by atoms with Gasteiger partial charge < -0.3 is 5.73 Å². The summed E-state index contributed by atoms with van der Waals surface area (Å²) in [5.41, 5.74) is 13.2. The van der Waals surface area contributed by atoms with Gasteiger partial charge in [-0.05, 0) is 13.0 Å². The average molecular weight is 331 g/mol. The fourth-order valence-electron chi connectivity index (χ4n) is 1.93. The van der Waals surface area contributed by atoms with Gasteiger partial charge in [-0.15, -0.1) is 11.3 Å². The number of thiazole rings is 1. The number of nitriles is 1. The molecule has 6 N–H and O–H groups in total. The van der Waals surface area contributed by atoms with Crippen molar-refractivity contribution >= 4 is 55.4 Å². The number of carbonyl (C=O) groups excluding carboxylic acids is 1. The van der Waals surface area contributed by atoms with Crippen LogP contribution >= 0.6 is 22.7 Å². The Morgan fingerprint density at radius 1 is 1.50 bits per heavy atom. The van der Waals surface area contributed by atoms with Gasteiger partial charge in [-0.1, -0.05) is 11.3 Å². The number of H-pyrrole nitrogens is 1. The smallest absolute Gasteiger partial charge is 0.289 e. The van der Waals surface area contributed by atoms with E-state index in [2.05, 4.69) is 15.3 Å². The second-order valence-corrected chi connectivity index (χ2v) is 6.42. The molecule has 1 amide bonds. The monoisotopic (exact) mass is 331 g/mol. The zero-order chi connectivity index (χ0) is 15.9. The number of pyridine rings is 1. The lowest BCUT2D eigenvalue weighted by molar-refractivity contribution is -0.323. The van der Waals surface area contributed by atoms with Gasteiger partial charge in [0.2, 0.25) is 0 Å². The Labute approximate surface area is 133 Å². The number of nitrogens with zero attached hydrogens (tertiary/aromatic N) is 2. The Morgan fingerprint density at radius 3 is 2.91 bits per heavy atom. The van der Waals surface area contributed by atoms with Crippen molar-refractivity contribution < 1.29 is 9.78 Å². The average Bonchev–Trinajstić information content (AvgIpc) is 3.02. The molecule has 3 aromatic rings. The number of anilines is 3. The molecule has 0 saturated carbocycles. The van der Waals surface area contributed by atoms with Gasteiger partial charge in [-0.3, -0.25) is 15.8 Å². The third-order valence-electron chi connectivity index (χ3n) is 2.98. The molecule has 0 aliphatic rings. The Morgan fingerprint density at radius 2 is 2.27 bits per heavy atom. The minimum atomic E-state index is -0.335. The quantitative estimate of drug-likeness (QED) is 0.658. The first-order chi connectivity index (χ1) is 10.5. The van der Waals surface area contributed by atoms with E-state index >= 15 is 0 Å². The lowest BCUT2D eigenvalue weighted by atomic mass is 10.2. The normalized spacial score (nSPS) is 10.5. The van der Waals surface area contributed by atoms with Crippen molar-refractivity contribution in [3.8, 4) is 6.07 Å². The van der Waals surface area contributed by atoms with Crippen molar-refractivity contribution in [3.63, 3.8) is 0 Å². The van der Waals surface area contributed by atoms with Gasteiger partial charge in [0, 0.05) is 5.38 Å². The van der Waals surface area contributed by atoms with E-state index in [1.54, 1.807) is 6.07 Å². The minimum absolute atomic E-state index is 0.249. The van der Waals surface area contributed by atoms with Crippen LogP contribution in [0.4, 0.5) is 16.6 Å². The molecule has 22 heavy (non-hydrogen) atoms. The predicted molar refractivity (Wildman–Crippen MR) is 86.7 cm³/mol. The Balaban J connectivity index is 2.02. The summed E-state index contributed by atoms with van der Waals surface area (Å²) in [5.74, 6) is -0.0858. The molecule has 0 spiro atoms. The molecule has 0 unspecified atom stereocenters. The highest BCUT2D eigenvalue weighted by Crippen LogP contribution is 2.33. The summed E-state index contributed by atoms with van der Waals surface area (Å²) in [7, 11) is 0. The molecule has 0 aromatic carbocycles. The molecule has 7 nitrogen and oxygen atoms in total. The van der Waals surface area contributed by atoms with Crippen LogP contribution < -0.4 is 21.8 Å². The summed E-state index contributed by atoms with van der Waals surface area (Å²) in [6, 6.07) is 3.56. The summed E-state index contributed by atoms with van der Waals surface area (Å²) >= 11 is 2.53. The van der Waals surface area contributed by atoms with Crippen molar-refractivity contribution in [2.24, 2.45) is 0 Å². The van der Waals surface area contributed by atoms with Crippen LogP contribution in [0.25, 0.3) is 10.2 Å². The molecule has 0 radical (unpaired) electrons. The Kier molecular flexibility index (Phi) is 3.40. The summed E-state index contributed by atoms with van der Waals surface area (Å²) in [6.45, 7) is 1.85. The maximum atomic E-state index is 12.3. The Hall–Kier alpha value is -2.70. The molecule has 0 atom stereocenters. The number of aromatic nitrogens is 2. The van der Waals surface area contributed by atoms with E-state index in [0.717, 1.165) is 5.69 Å². The second-order valence-electron chi connectivity index (χ2n) is 4.54. The van der Waals surface area contributed by atoms with E-state index in [4.69, 9.17) is 16.7 Å². The first-order valence-corrected chi connectivity index (χ1v) is 7.86. The van der Waals surface area contributed by atoms with Gasteiger partial charge >= 0.3 is 0 Å². The van der Waals surface area contributed by atoms with Crippen molar-refractivity contribution in [2.75, 3.05) is 16.8 Å². The van der Waals surface area contributed by atoms with E-state index in [1.165, 1.54) is 22.7 Å². The maximum Gasteiger partial charge on any atom is 0.289 e. The highest BCUT2D eigenvalue weighted by Gasteiger charge is 2.21. The highest BCUT2D eigenvalue weighted by atomic mass is 32.1. The van der Waals surface area contributed by atoms with Crippen molar-refractivity contribution in [2.45, 2.75) is 6.92 Å². The number of aryl methyl sites for hydroxylation is 1. The van der Waals surface area contributed by atoms with Crippen molar-refractivity contribution in [3.05, 3.63) is 27.6 Å². The second kappa shape index (κ2) is 5.25. The summed E-state index contributed by atoms with van der Waals surface area (Å²) in [5, 5.41) is 14.7. The number of fused-ring (bicyclic) bond motifs is 1. The molecule has 3 aromatic heterocycles. The maximum absolute atomic E-state index is 12.3. The summed E-state index contributed by atoms with van der Waals surface area (Å²) < 4.78 is 0. The standard InChI is InChI=1S/C13H10N6OS2/c1-5-4-21-13(17-5)19-11(20)9-8(15)7-2-6(3-14)10(16)18-12(7)22-9/h2,4H,15H2,1H3,(H2,16,18)(H,17,19,20)/p+1. The molecule has 110 valence electrons. The number of nitrogens with two attached hydrogens (primary N) is 2. The van der Waals surface area contributed by atoms with Gasteiger partial charge in [0.15, 0.2) is 9.96 Å². The fraction of sp³-hybridized carbons (Fsp3) is 0.0769. The van der Waals surface area contributed by atoms with Crippen molar-refractivity contribution in [1.82, 2.24) is 4.98 Å². The largest absolute Gasteiger partial charge is 0.397 e. The Bertz CT molecular complexity index is 936. The number of hydrogen-bond donors (Lipinski definition) is 3. The summed E-state index contributed by atoms with van der Waals surface area (Å²) in [6.07, 6.45) is 0. The van der Waals surface area contributed by atoms with Crippen LogP contribution in [0.15, 0.2) is 11.4 Å². The van der Waals surface area contributed by atoms with E-state index in [-0.39, 0.29) is 11.7 Å². The van der Waals surface area contributed by atoms with Crippen LogP contribution in [0.3, 0.4) is 0 Å². The number of nitrogen functional groups attached to an aromatic ring is 2. The molecule has 3 rings (SSSR count). The van der Waals surface area contributed by atoms with Crippen molar-refractivity contribution in [1.29, 1.82) is 5.26 Å². The fourth-order valence-corrected chi connectivity index (χ4v) is 3.62. The third kappa shape index (κ3) is 2.34. The molecule has 9 heteroatoms. The zero-order valence-corrected chi connectivity index (χ0v) is 13.1. The van der Waals surface area contributed by atoms with Crippen LogP contribution in [0.5, 0.6) is 0 Å². The number of nitrogens with one attached hydrogen (secondary N) is 2. The van der Waals surface area contributed by atoms with E-state index in [0.29, 0.717) is 31.5 Å². The SMILES string of the molecule is Cc1csc(NC(=O)c2sc3[nH+]c(N)c(C#N)cc3c2N)n1. The molecule has 0 bridgehead atoms. The van der Waals surface area contributed by atoms with Crippen LogP contribution in [0.1, 0.15) is 20.9 Å². The van der Waals surface area contributed by atoms with E-state index in [9.17, 15) is 4.79 Å². The van der Waals surface area contributed by atoms with E-state index < -0.39 is 0 Å². The first-order valence-electron chi connectivity index (χ1n) is 6.17. The highest BCUT2D eigenvalue weighted by molar-refractivity contribution is 7.21. The third-order valence-corrected chi connectivity index (χ3v) is 4.99. The van der Waals surface area contributed by atoms with Gasteiger partial charge in [-0.25, -0.2) is 9.97 Å². The van der Waals surface area contributed by atoms with Crippen LogP contribution in [0, 0.1) is 18.3 Å². The number of rotatable bonds is 2. The summed E-state index contributed by atoms with van der Waals surface area (Å²) in [4.78, 5) is 20.4. The molecule has 0 aliphatic carbocycles. The lowest BCUT2D eigenvalue weighted by Crippen LogP contribution is -2.12. The van der Waals surface area contributed by atoms with Gasteiger partial charge in [0.25, 0.3) is 11.7 Å². The van der Waals surface area contributed by atoms with Crippen LogP contribution in [-0.4, -0.2) is 10.9 Å². The molecule has 3 heterocycles. The number of aromatic amines is 1. The topological polar surface area (TPSA) is 132 Å². The number of carbonyl (C=O) groups is 1. The zero-order valence-electron chi connectivity index (χ0n) is 11.4. The lowest BCUT2D eigenvalue weighted by Gasteiger charge is -1.99. The van der Waals surface area contributed by atoms with Crippen LogP contribution in [-0.2, 0) is 0 Å². The predicted octanol–water partition coefficient (Wildman–Crippen LogP) is 1.77. The van der Waals surface area contributed by atoms with E-state index in [1.807, 2.05) is 18.4 Å². The molecular weight excluding hydrogens is 320 g/mol. The molecule has 0 fully saturated rings. The number of amides is 1.